The molecule has 8 nitrogen and oxygen atoms in total. The van der Waals surface area contributed by atoms with E-state index in [4.69, 9.17) is 13.6 Å². The number of hydrogen-bond donors (Lipinski definition) is 1. The summed E-state index contributed by atoms with van der Waals surface area (Å²) < 4.78 is 17.3. The maximum atomic E-state index is 12.5. The maximum absolute atomic E-state index is 12.5. The van der Waals surface area contributed by atoms with Crippen molar-refractivity contribution in [1.82, 2.24) is 15.2 Å². The quantitative estimate of drug-likeness (QED) is 0.457. The highest BCUT2D eigenvalue weighted by Crippen LogP contribution is 2.26. The van der Waals surface area contributed by atoms with E-state index in [0.29, 0.717) is 39.8 Å². The van der Waals surface area contributed by atoms with E-state index in [-0.39, 0.29) is 17.8 Å². The standard InChI is InChI=1S/C23H15N3O5/c27-16-5-3-14(4-6-16)20-11-19(28)18-8-7-17(10-21(18)30-20)29-13-22-25-26-23(31-22)15-2-1-9-24-12-15/h1-12,27H,13H2. The molecule has 1 N–H and O–H groups in total. The van der Waals surface area contributed by atoms with E-state index in [1.54, 1.807) is 48.8 Å². The van der Waals surface area contributed by atoms with Crippen LogP contribution in [-0.4, -0.2) is 20.3 Å². The van der Waals surface area contributed by atoms with Crippen LogP contribution in [0.2, 0.25) is 0 Å². The van der Waals surface area contributed by atoms with E-state index in [1.165, 1.54) is 18.2 Å². The Hall–Kier alpha value is -4.46. The second-order valence-corrected chi connectivity index (χ2v) is 6.71. The molecule has 8 heteroatoms. The third-order valence-electron chi connectivity index (χ3n) is 4.59. The van der Waals surface area contributed by atoms with Gasteiger partial charge in [0.25, 0.3) is 5.89 Å². The van der Waals surface area contributed by atoms with Crippen molar-refractivity contribution in [2.75, 3.05) is 0 Å². The van der Waals surface area contributed by atoms with Crippen molar-refractivity contribution in [2.24, 2.45) is 0 Å². The molecule has 0 unspecified atom stereocenters. The van der Waals surface area contributed by atoms with E-state index in [9.17, 15) is 9.90 Å². The van der Waals surface area contributed by atoms with Gasteiger partial charge in [-0.3, -0.25) is 9.78 Å². The zero-order chi connectivity index (χ0) is 21.2. The molecule has 0 bridgehead atoms. The van der Waals surface area contributed by atoms with Crippen molar-refractivity contribution in [3.63, 3.8) is 0 Å². The van der Waals surface area contributed by atoms with Gasteiger partial charge in [-0.25, -0.2) is 0 Å². The Labute approximate surface area is 175 Å². The Balaban J connectivity index is 1.39. The third kappa shape index (κ3) is 3.86. The van der Waals surface area contributed by atoms with Crippen molar-refractivity contribution in [3.05, 3.63) is 89.2 Å². The van der Waals surface area contributed by atoms with Crippen LogP contribution in [0.5, 0.6) is 11.5 Å². The lowest BCUT2D eigenvalue weighted by Gasteiger charge is -2.06. The molecular weight excluding hydrogens is 398 g/mol. The molecule has 0 aliphatic carbocycles. The van der Waals surface area contributed by atoms with Gasteiger partial charge in [0.1, 0.15) is 22.8 Å². The molecule has 0 spiro atoms. The number of ether oxygens (including phenoxy) is 1. The fourth-order valence-electron chi connectivity index (χ4n) is 3.06. The van der Waals surface area contributed by atoms with Crippen molar-refractivity contribution in [1.29, 1.82) is 0 Å². The number of hydrogen-bond acceptors (Lipinski definition) is 8. The van der Waals surface area contributed by atoms with Crippen LogP contribution in [0.4, 0.5) is 0 Å². The summed E-state index contributed by atoms with van der Waals surface area (Å²) in [7, 11) is 0. The molecular formula is C23H15N3O5. The average molecular weight is 413 g/mol. The Morgan fingerprint density at radius 2 is 1.81 bits per heavy atom. The van der Waals surface area contributed by atoms with Gasteiger partial charge >= 0.3 is 0 Å². The lowest BCUT2D eigenvalue weighted by Crippen LogP contribution is -2.01. The number of rotatable bonds is 5. The minimum Gasteiger partial charge on any atom is -0.508 e. The van der Waals surface area contributed by atoms with Crippen LogP contribution in [0.1, 0.15) is 5.89 Å². The highest BCUT2D eigenvalue weighted by Gasteiger charge is 2.11. The highest BCUT2D eigenvalue weighted by atomic mass is 16.5. The normalized spacial score (nSPS) is 11.0. The van der Waals surface area contributed by atoms with Gasteiger partial charge in [0, 0.05) is 30.1 Å². The van der Waals surface area contributed by atoms with Crippen LogP contribution in [0, 0.1) is 0 Å². The van der Waals surface area contributed by atoms with Gasteiger partial charge < -0.3 is 18.7 Å². The molecule has 31 heavy (non-hydrogen) atoms. The number of pyridine rings is 1. The van der Waals surface area contributed by atoms with Gasteiger partial charge in [-0.05, 0) is 48.5 Å². The van der Waals surface area contributed by atoms with Crippen LogP contribution in [0.15, 0.2) is 86.7 Å². The summed E-state index contributed by atoms with van der Waals surface area (Å²) in [6.07, 6.45) is 3.30. The molecule has 2 aromatic carbocycles. The predicted octanol–water partition coefficient (Wildman–Crippen LogP) is 4.19. The molecule has 0 saturated heterocycles. The molecule has 5 aromatic rings. The maximum Gasteiger partial charge on any atom is 0.254 e. The summed E-state index contributed by atoms with van der Waals surface area (Å²) in [5.74, 6) is 1.68. The van der Waals surface area contributed by atoms with Crippen molar-refractivity contribution in [3.8, 4) is 34.3 Å². The zero-order valence-electron chi connectivity index (χ0n) is 16.1. The average Bonchev–Trinajstić information content (AvgIpc) is 3.28. The lowest BCUT2D eigenvalue weighted by atomic mass is 10.1. The number of phenols is 1. The van der Waals surface area contributed by atoms with Crippen molar-refractivity contribution >= 4 is 11.0 Å². The van der Waals surface area contributed by atoms with Gasteiger partial charge in [0.2, 0.25) is 5.89 Å². The molecule has 5 rings (SSSR count). The van der Waals surface area contributed by atoms with Crippen molar-refractivity contribution < 1.29 is 18.7 Å². The molecule has 0 aliphatic rings. The number of benzene rings is 2. The Morgan fingerprint density at radius 1 is 0.935 bits per heavy atom. The molecule has 3 aromatic heterocycles. The first-order valence-corrected chi connectivity index (χ1v) is 9.38. The minimum absolute atomic E-state index is 0.0562. The Morgan fingerprint density at radius 3 is 2.61 bits per heavy atom. The molecule has 0 atom stereocenters. The Bertz CT molecular complexity index is 1410. The van der Waals surface area contributed by atoms with Crippen molar-refractivity contribution in [2.45, 2.75) is 6.61 Å². The number of phenolic OH excluding ortho intramolecular Hbond substituents is 1. The van der Waals surface area contributed by atoms with Crippen LogP contribution in [-0.2, 0) is 6.61 Å². The summed E-state index contributed by atoms with van der Waals surface area (Å²) in [5, 5.41) is 17.9. The van der Waals surface area contributed by atoms with E-state index >= 15 is 0 Å². The molecule has 0 amide bonds. The van der Waals surface area contributed by atoms with Crippen LogP contribution < -0.4 is 10.2 Å². The summed E-state index contributed by atoms with van der Waals surface area (Å²) in [6, 6.07) is 16.4. The molecule has 3 heterocycles. The van der Waals surface area contributed by atoms with Gasteiger partial charge in [-0.1, -0.05) is 0 Å². The molecule has 0 radical (unpaired) electrons. The monoisotopic (exact) mass is 413 g/mol. The number of aromatic nitrogens is 3. The first kappa shape index (κ1) is 18.6. The summed E-state index contributed by atoms with van der Waals surface area (Å²) in [4.78, 5) is 16.5. The second-order valence-electron chi connectivity index (χ2n) is 6.71. The third-order valence-corrected chi connectivity index (χ3v) is 4.59. The second kappa shape index (κ2) is 7.75. The zero-order valence-corrected chi connectivity index (χ0v) is 16.1. The van der Waals surface area contributed by atoms with Gasteiger partial charge in [-0.2, -0.15) is 0 Å². The number of nitrogens with zero attached hydrogens (tertiary/aromatic N) is 3. The lowest BCUT2D eigenvalue weighted by molar-refractivity contribution is 0.264. The Kier molecular flexibility index (Phi) is 4.64. The first-order chi connectivity index (χ1) is 15.2. The molecule has 0 saturated carbocycles. The fourth-order valence-corrected chi connectivity index (χ4v) is 3.06. The van der Waals surface area contributed by atoms with E-state index in [0.717, 1.165) is 5.56 Å². The van der Waals surface area contributed by atoms with E-state index < -0.39 is 0 Å². The van der Waals surface area contributed by atoms with Crippen LogP contribution in [0.25, 0.3) is 33.7 Å². The smallest absolute Gasteiger partial charge is 0.254 e. The fraction of sp³-hybridized carbons (Fsp3) is 0.0435. The van der Waals surface area contributed by atoms with Gasteiger partial charge in [0.05, 0.1) is 10.9 Å². The highest BCUT2D eigenvalue weighted by molar-refractivity contribution is 5.80. The number of fused-ring (bicyclic) bond motifs is 1. The SMILES string of the molecule is O=c1cc(-c2ccc(O)cc2)oc2cc(OCc3nnc(-c4cccnc4)o3)ccc12. The first-order valence-electron chi connectivity index (χ1n) is 9.38. The topological polar surface area (TPSA) is 111 Å². The van der Waals surface area contributed by atoms with E-state index in [1.807, 2.05) is 6.07 Å². The summed E-state index contributed by atoms with van der Waals surface area (Å²) in [5.41, 5.74) is 1.61. The largest absolute Gasteiger partial charge is 0.508 e. The van der Waals surface area contributed by atoms with Crippen LogP contribution >= 0.6 is 0 Å². The minimum atomic E-state index is -0.172. The summed E-state index contributed by atoms with van der Waals surface area (Å²) in [6.45, 7) is 0.0562. The number of aromatic hydroxyl groups is 1. The molecule has 0 fully saturated rings. The molecule has 152 valence electrons. The van der Waals surface area contributed by atoms with Gasteiger partial charge in [-0.15, -0.1) is 10.2 Å². The van der Waals surface area contributed by atoms with Gasteiger partial charge in [0.15, 0.2) is 12.0 Å². The molecule has 0 aliphatic heterocycles. The van der Waals surface area contributed by atoms with Crippen LogP contribution in [0.3, 0.4) is 0 Å². The summed E-state index contributed by atoms with van der Waals surface area (Å²) >= 11 is 0. The predicted molar refractivity (Wildman–Crippen MR) is 111 cm³/mol. The van der Waals surface area contributed by atoms with E-state index in [2.05, 4.69) is 15.2 Å².